The third-order valence-electron chi connectivity index (χ3n) is 22.8. The SMILES string of the molecule is CCCCCCCCC1CC(CCCCCCC(=O)N[C@H]2CCCC[C@@H]2NC(=O)CCCCCCCC(O)C(O)CCCCCCO)C(CCCCCCC(=O)N[C@@H]2CCCC[C@H]2CC(=O)CCCCCCCC(O)C(O)CCCCCCC)CC1CCCCCCCC.[HH]. The Bertz CT molecular complexity index is 1690. The van der Waals surface area contributed by atoms with Crippen LogP contribution in [0, 0.1) is 29.6 Å². The second-order valence-electron chi connectivity index (χ2n) is 31.1. The minimum absolute atomic E-state index is 0. The van der Waals surface area contributed by atoms with Crippen LogP contribution in [-0.2, 0) is 19.2 Å². The summed E-state index contributed by atoms with van der Waals surface area (Å²) in [5, 5.41) is 60.5. The fourth-order valence-electron chi connectivity index (χ4n) is 16.7. The lowest BCUT2D eigenvalue weighted by Gasteiger charge is -2.42. The molecule has 0 aromatic carbocycles. The average Bonchev–Trinajstić information content (AvgIpc) is 0.893. The number of unbranched alkanes of at least 4 members (excludes halogenated alkanes) is 31. The predicted molar refractivity (Wildman–Crippen MR) is 395 cm³/mol. The Labute approximate surface area is 580 Å². The summed E-state index contributed by atoms with van der Waals surface area (Å²) in [4.78, 5) is 53.2. The summed E-state index contributed by atoms with van der Waals surface area (Å²) in [5.74, 6) is 4.28. The quantitative estimate of drug-likeness (QED) is 0.0272. The monoisotopic (exact) mass is 1330 g/mol. The second-order valence-corrected chi connectivity index (χ2v) is 31.1. The zero-order valence-corrected chi connectivity index (χ0v) is 61.8. The lowest BCUT2D eigenvalue weighted by molar-refractivity contribution is -0.125. The molecular weight excluding hydrogens is 1170 g/mol. The predicted octanol–water partition coefficient (Wildman–Crippen LogP) is 20.1. The number of aliphatic hydroxyl groups excluding tert-OH is 5. The molecule has 554 valence electrons. The van der Waals surface area contributed by atoms with Gasteiger partial charge in [0, 0.05) is 58.3 Å². The topological polar surface area (TPSA) is 206 Å². The van der Waals surface area contributed by atoms with Crippen molar-refractivity contribution in [2.45, 2.75) is 461 Å². The molecular formula is C82H157N3O9. The Morgan fingerprint density at radius 3 is 0.926 bits per heavy atom. The van der Waals surface area contributed by atoms with E-state index in [2.05, 4.69) is 36.7 Å². The number of aliphatic hydroxyl groups is 5. The van der Waals surface area contributed by atoms with E-state index in [4.69, 9.17) is 5.11 Å². The number of rotatable bonds is 63. The Hall–Kier alpha value is -2.12. The number of carbonyl (C=O) groups excluding carboxylic acids is 4. The first-order valence-corrected chi connectivity index (χ1v) is 41.6. The lowest BCUT2D eigenvalue weighted by Crippen LogP contribution is -2.53. The van der Waals surface area contributed by atoms with Crippen molar-refractivity contribution in [2.24, 2.45) is 29.6 Å². The smallest absolute Gasteiger partial charge is 0.220 e. The Kier molecular flexibility index (Phi) is 53.7. The molecule has 12 heteroatoms. The molecule has 0 aliphatic heterocycles. The van der Waals surface area contributed by atoms with Gasteiger partial charge >= 0.3 is 0 Å². The van der Waals surface area contributed by atoms with Gasteiger partial charge in [0.15, 0.2) is 0 Å². The van der Waals surface area contributed by atoms with Gasteiger partial charge in [-0.2, -0.15) is 0 Å². The first kappa shape index (κ1) is 86.1. The molecule has 0 aromatic rings. The molecule has 8 unspecified atom stereocenters. The van der Waals surface area contributed by atoms with Crippen LogP contribution in [0.5, 0.6) is 0 Å². The van der Waals surface area contributed by atoms with Crippen LogP contribution in [0.15, 0.2) is 0 Å². The van der Waals surface area contributed by atoms with Crippen molar-refractivity contribution in [1.29, 1.82) is 0 Å². The summed E-state index contributed by atoms with van der Waals surface area (Å²) in [7, 11) is 0. The van der Waals surface area contributed by atoms with Gasteiger partial charge in [0.25, 0.3) is 0 Å². The van der Waals surface area contributed by atoms with Crippen molar-refractivity contribution < 1.29 is 46.1 Å². The molecule has 3 saturated carbocycles. The summed E-state index contributed by atoms with van der Waals surface area (Å²) in [6, 6.07) is 0.117. The van der Waals surface area contributed by atoms with Crippen LogP contribution in [0.1, 0.15) is 420 Å². The lowest BCUT2D eigenvalue weighted by atomic mass is 9.63. The standard InChI is InChI=1S/C82H155N3O9.H2/c1-4-7-10-13-18-30-47-67-64-69(49-32-24-26-40-60-80(92)83-73-53-43-42-51-71(73)66-72(87)52-34-20-15-21-36-57-77(89)76(88)56-35-17-12-9-6-3)70(65-68(67)48-31-19-14-11-8-5-2)50-33-25-27-41-62-82(94)85-75-55-45-44-54-74(75)84-81(93)61-39-23-16-22-37-58-78(90)79(91)59-38-28-29-46-63-86;/h67-71,73-79,86,88-91H,4-66H2,1-3H3,(H,83,92)(H,84,93)(H,85,94);1H/t67?,68?,69?,70?,71-,73+,74-,75-,76?,77?,78?,79?;/m0./s1. The second kappa shape index (κ2) is 58.7. The maximum atomic E-state index is 13.4. The molecule has 12 atom stereocenters. The summed E-state index contributed by atoms with van der Waals surface area (Å²) >= 11 is 0. The van der Waals surface area contributed by atoms with Gasteiger partial charge in [0.1, 0.15) is 5.78 Å². The zero-order chi connectivity index (χ0) is 67.9. The molecule has 8 N–H and O–H groups in total. The summed E-state index contributed by atoms with van der Waals surface area (Å²) < 4.78 is 0. The summed E-state index contributed by atoms with van der Waals surface area (Å²) in [5.41, 5.74) is 0. The van der Waals surface area contributed by atoms with Crippen LogP contribution in [-0.4, -0.2) is 98.2 Å². The third-order valence-corrected chi connectivity index (χ3v) is 22.8. The van der Waals surface area contributed by atoms with Gasteiger partial charge in [-0.3, -0.25) is 19.2 Å². The van der Waals surface area contributed by atoms with E-state index in [1.807, 2.05) is 0 Å². The molecule has 0 heterocycles. The Morgan fingerprint density at radius 1 is 0.319 bits per heavy atom. The molecule has 3 rings (SSSR count). The molecule has 3 aliphatic carbocycles. The average molecular weight is 1330 g/mol. The fourth-order valence-corrected chi connectivity index (χ4v) is 16.7. The van der Waals surface area contributed by atoms with E-state index >= 15 is 0 Å². The minimum Gasteiger partial charge on any atom is -0.396 e. The number of amides is 3. The third kappa shape index (κ3) is 43.4. The first-order chi connectivity index (χ1) is 45.9. The van der Waals surface area contributed by atoms with E-state index in [1.54, 1.807) is 0 Å². The van der Waals surface area contributed by atoms with Crippen LogP contribution in [0.2, 0.25) is 0 Å². The molecule has 3 fully saturated rings. The van der Waals surface area contributed by atoms with Crippen molar-refractivity contribution in [3.63, 3.8) is 0 Å². The van der Waals surface area contributed by atoms with E-state index < -0.39 is 24.4 Å². The van der Waals surface area contributed by atoms with Gasteiger partial charge in [-0.25, -0.2) is 0 Å². The van der Waals surface area contributed by atoms with Crippen LogP contribution >= 0.6 is 0 Å². The normalized spacial score (nSPS) is 22.2. The van der Waals surface area contributed by atoms with E-state index in [9.17, 15) is 39.6 Å². The molecule has 0 spiro atoms. The van der Waals surface area contributed by atoms with Gasteiger partial charge in [-0.1, -0.05) is 290 Å². The van der Waals surface area contributed by atoms with Crippen molar-refractivity contribution >= 4 is 23.5 Å². The molecule has 12 nitrogen and oxygen atoms in total. The zero-order valence-electron chi connectivity index (χ0n) is 61.8. The van der Waals surface area contributed by atoms with E-state index in [0.717, 1.165) is 203 Å². The maximum Gasteiger partial charge on any atom is 0.220 e. The maximum absolute atomic E-state index is 13.4. The fraction of sp³-hybridized carbons (Fsp3) is 0.951. The highest BCUT2D eigenvalue weighted by Gasteiger charge is 2.36. The molecule has 0 saturated heterocycles. The highest BCUT2D eigenvalue weighted by molar-refractivity contribution is 5.79. The number of hydrogen-bond acceptors (Lipinski definition) is 9. The number of nitrogens with one attached hydrogen (secondary N) is 3. The summed E-state index contributed by atoms with van der Waals surface area (Å²) in [6.45, 7) is 7.04. The summed E-state index contributed by atoms with van der Waals surface area (Å²) in [6.07, 6.45) is 63.6. The molecule has 3 amide bonds. The number of hydrogen-bond donors (Lipinski definition) is 8. The van der Waals surface area contributed by atoms with Crippen molar-refractivity contribution in [3.05, 3.63) is 0 Å². The minimum atomic E-state index is -0.684. The van der Waals surface area contributed by atoms with Crippen LogP contribution < -0.4 is 16.0 Å². The number of carbonyl (C=O) groups is 4. The number of Topliss-reactive ketones (excluding diaryl/α,β-unsaturated/α-hetero) is 1. The molecule has 0 radical (unpaired) electrons. The largest absolute Gasteiger partial charge is 0.396 e. The van der Waals surface area contributed by atoms with Crippen molar-refractivity contribution in [1.82, 2.24) is 16.0 Å². The highest BCUT2D eigenvalue weighted by Crippen LogP contribution is 2.47. The van der Waals surface area contributed by atoms with Gasteiger partial charge in [-0.05, 0) is 126 Å². The Morgan fingerprint density at radius 2 is 0.585 bits per heavy atom. The molecule has 94 heavy (non-hydrogen) atoms. The van der Waals surface area contributed by atoms with Gasteiger partial charge in [0.05, 0.1) is 24.4 Å². The van der Waals surface area contributed by atoms with E-state index in [0.29, 0.717) is 63.6 Å². The van der Waals surface area contributed by atoms with E-state index in [-0.39, 0.29) is 49.8 Å². The highest BCUT2D eigenvalue weighted by atomic mass is 16.3. The number of ketones is 1. The van der Waals surface area contributed by atoms with Crippen LogP contribution in [0.25, 0.3) is 0 Å². The van der Waals surface area contributed by atoms with E-state index in [1.165, 1.54) is 161 Å². The molecule has 3 aliphatic rings. The first-order valence-electron chi connectivity index (χ1n) is 41.6. The Balaban J connectivity index is 0.0000307. The van der Waals surface area contributed by atoms with Crippen molar-refractivity contribution in [2.75, 3.05) is 6.61 Å². The van der Waals surface area contributed by atoms with Crippen LogP contribution in [0.4, 0.5) is 0 Å². The molecule has 0 bridgehead atoms. The van der Waals surface area contributed by atoms with Gasteiger partial charge in [0.2, 0.25) is 17.7 Å². The van der Waals surface area contributed by atoms with Crippen molar-refractivity contribution in [3.8, 4) is 0 Å². The molecule has 0 aromatic heterocycles. The van der Waals surface area contributed by atoms with Gasteiger partial charge in [-0.15, -0.1) is 0 Å². The van der Waals surface area contributed by atoms with Crippen LogP contribution in [0.3, 0.4) is 0 Å². The van der Waals surface area contributed by atoms with Gasteiger partial charge < -0.3 is 41.5 Å².